The van der Waals surface area contributed by atoms with Gasteiger partial charge >= 0.3 is 0 Å². The highest BCUT2D eigenvalue weighted by molar-refractivity contribution is 5.53. The van der Waals surface area contributed by atoms with E-state index in [0.717, 1.165) is 12.1 Å². The van der Waals surface area contributed by atoms with E-state index in [9.17, 15) is 0 Å². The number of aliphatic hydroxyl groups excluding tert-OH is 1. The van der Waals surface area contributed by atoms with Crippen molar-refractivity contribution in [2.45, 2.75) is 27.0 Å². The van der Waals surface area contributed by atoms with Gasteiger partial charge in [0, 0.05) is 12.2 Å². The zero-order valence-electron chi connectivity index (χ0n) is 10.9. The summed E-state index contributed by atoms with van der Waals surface area (Å²) in [6, 6.07) is 14.3. The molecule has 0 heterocycles. The SMILES string of the molecule is Cc1cccc(NCc2ccc(CO)cc2)c1C. The van der Waals surface area contributed by atoms with Gasteiger partial charge in [0.05, 0.1) is 6.61 Å². The van der Waals surface area contributed by atoms with E-state index in [2.05, 4.69) is 37.4 Å². The summed E-state index contributed by atoms with van der Waals surface area (Å²) in [7, 11) is 0. The van der Waals surface area contributed by atoms with Gasteiger partial charge < -0.3 is 10.4 Å². The molecule has 0 unspecified atom stereocenters. The third kappa shape index (κ3) is 2.90. The molecule has 0 saturated heterocycles. The number of anilines is 1. The lowest BCUT2D eigenvalue weighted by molar-refractivity contribution is 0.282. The molecule has 94 valence electrons. The van der Waals surface area contributed by atoms with Gasteiger partial charge in [0.1, 0.15) is 0 Å². The summed E-state index contributed by atoms with van der Waals surface area (Å²) in [4.78, 5) is 0. The van der Waals surface area contributed by atoms with Crippen LogP contribution in [0.25, 0.3) is 0 Å². The molecule has 2 aromatic carbocycles. The molecule has 0 bridgehead atoms. The molecule has 0 amide bonds. The lowest BCUT2D eigenvalue weighted by Gasteiger charge is -2.11. The minimum atomic E-state index is 0.102. The van der Waals surface area contributed by atoms with Gasteiger partial charge in [-0.3, -0.25) is 0 Å². The van der Waals surface area contributed by atoms with Gasteiger partial charge in [-0.05, 0) is 42.2 Å². The van der Waals surface area contributed by atoms with Gasteiger partial charge in [0.25, 0.3) is 0 Å². The number of rotatable bonds is 4. The van der Waals surface area contributed by atoms with E-state index in [-0.39, 0.29) is 6.61 Å². The van der Waals surface area contributed by atoms with Gasteiger partial charge in [0.2, 0.25) is 0 Å². The smallest absolute Gasteiger partial charge is 0.0681 e. The molecule has 0 aromatic heterocycles. The minimum absolute atomic E-state index is 0.102. The van der Waals surface area contributed by atoms with Crippen LogP contribution < -0.4 is 5.32 Å². The highest BCUT2D eigenvalue weighted by Crippen LogP contribution is 2.18. The minimum Gasteiger partial charge on any atom is -0.392 e. The largest absolute Gasteiger partial charge is 0.392 e. The second-order valence-corrected chi connectivity index (χ2v) is 4.58. The van der Waals surface area contributed by atoms with Crippen molar-refractivity contribution in [1.29, 1.82) is 0 Å². The van der Waals surface area contributed by atoms with E-state index in [1.807, 2.05) is 24.3 Å². The van der Waals surface area contributed by atoms with Crippen molar-refractivity contribution in [3.05, 3.63) is 64.7 Å². The van der Waals surface area contributed by atoms with Crippen LogP contribution in [-0.2, 0) is 13.2 Å². The normalized spacial score (nSPS) is 10.4. The third-order valence-corrected chi connectivity index (χ3v) is 3.29. The Morgan fingerprint density at radius 2 is 1.61 bits per heavy atom. The van der Waals surface area contributed by atoms with E-state index >= 15 is 0 Å². The van der Waals surface area contributed by atoms with Gasteiger partial charge in [-0.25, -0.2) is 0 Å². The van der Waals surface area contributed by atoms with Crippen molar-refractivity contribution >= 4 is 5.69 Å². The van der Waals surface area contributed by atoms with Gasteiger partial charge in [-0.15, -0.1) is 0 Å². The molecule has 0 saturated carbocycles. The lowest BCUT2D eigenvalue weighted by Crippen LogP contribution is -2.01. The Kier molecular flexibility index (Phi) is 4.00. The van der Waals surface area contributed by atoms with Crippen molar-refractivity contribution < 1.29 is 5.11 Å². The summed E-state index contributed by atoms with van der Waals surface area (Å²) in [5.74, 6) is 0. The summed E-state index contributed by atoms with van der Waals surface area (Å²) < 4.78 is 0. The molecule has 0 radical (unpaired) electrons. The maximum absolute atomic E-state index is 8.99. The Morgan fingerprint density at radius 3 is 2.28 bits per heavy atom. The lowest BCUT2D eigenvalue weighted by atomic mass is 10.1. The fourth-order valence-corrected chi connectivity index (χ4v) is 1.90. The second kappa shape index (κ2) is 5.69. The van der Waals surface area contributed by atoms with E-state index in [4.69, 9.17) is 5.11 Å². The molecule has 0 atom stereocenters. The first-order chi connectivity index (χ1) is 8.70. The van der Waals surface area contributed by atoms with Crippen LogP contribution >= 0.6 is 0 Å². The third-order valence-electron chi connectivity index (χ3n) is 3.29. The summed E-state index contributed by atoms with van der Waals surface area (Å²) in [5.41, 5.74) is 5.94. The van der Waals surface area contributed by atoms with Crippen LogP contribution in [-0.4, -0.2) is 5.11 Å². The number of benzene rings is 2. The second-order valence-electron chi connectivity index (χ2n) is 4.58. The molecule has 2 rings (SSSR count). The maximum atomic E-state index is 8.99. The average molecular weight is 241 g/mol. The summed E-state index contributed by atoms with van der Waals surface area (Å²) >= 11 is 0. The highest BCUT2D eigenvalue weighted by atomic mass is 16.3. The average Bonchev–Trinajstić information content (AvgIpc) is 2.41. The standard InChI is InChI=1S/C16H19NO/c1-12-4-3-5-16(13(12)2)17-10-14-6-8-15(11-18)9-7-14/h3-9,17-18H,10-11H2,1-2H3. The van der Waals surface area contributed by atoms with E-state index in [1.165, 1.54) is 22.4 Å². The van der Waals surface area contributed by atoms with Crippen LogP contribution in [0.1, 0.15) is 22.3 Å². The van der Waals surface area contributed by atoms with E-state index in [0.29, 0.717) is 0 Å². The first kappa shape index (κ1) is 12.7. The highest BCUT2D eigenvalue weighted by Gasteiger charge is 2.00. The Morgan fingerprint density at radius 1 is 0.944 bits per heavy atom. The molecular formula is C16H19NO. The Labute approximate surface area is 108 Å². The number of hydrogen-bond donors (Lipinski definition) is 2. The van der Waals surface area contributed by atoms with Crippen LogP contribution in [0.15, 0.2) is 42.5 Å². The topological polar surface area (TPSA) is 32.3 Å². The van der Waals surface area contributed by atoms with Crippen LogP contribution in [0.5, 0.6) is 0 Å². The van der Waals surface area contributed by atoms with Crippen molar-refractivity contribution in [3.8, 4) is 0 Å². The number of nitrogens with one attached hydrogen (secondary N) is 1. The molecule has 0 aliphatic rings. The maximum Gasteiger partial charge on any atom is 0.0681 e. The zero-order chi connectivity index (χ0) is 13.0. The summed E-state index contributed by atoms with van der Waals surface area (Å²) in [6.45, 7) is 5.16. The van der Waals surface area contributed by atoms with Gasteiger partial charge in [-0.1, -0.05) is 36.4 Å². The van der Waals surface area contributed by atoms with Crippen LogP contribution in [0.3, 0.4) is 0 Å². The van der Waals surface area contributed by atoms with Crippen LogP contribution in [0, 0.1) is 13.8 Å². The first-order valence-corrected chi connectivity index (χ1v) is 6.19. The van der Waals surface area contributed by atoms with Crippen molar-refractivity contribution in [2.24, 2.45) is 0 Å². The number of aryl methyl sites for hydroxylation is 1. The van der Waals surface area contributed by atoms with Crippen molar-refractivity contribution in [2.75, 3.05) is 5.32 Å². The molecule has 2 heteroatoms. The quantitative estimate of drug-likeness (QED) is 0.859. The Balaban J connectivity index is 2.04. The zero-order valence-corrected chi connectivity index (χ0v) is 10.9. The molecule has 0 aliphatic carbocycles. The molecule has 2 aromatic rings. The van der Waals surface area contributed by atoms with Gasteiger partial charge in [0.15, 0.2) is 0 Å². The van der Waals surface area contributed by atoms with Crippen molar-refractivity contribution in [3.63, 3.8) is 0 Å². The van der Waals surface area contributed by atoms with Crippen molar-refractivity contribution in [1.82, 2.24) is 0 Å². The molecule has 0 fully saturated rings. The summed E-state index contributed by atoms with van der Waals surface area (Å²) in [5, 5.41) is 12.4. The Bertz CT molecular complexity index is 517. The van der Waals surface area contributed by atoms with Crippen LogP contribution in [0.2, 0.25) is 0 Å². The monoisotopic (exact) mass is 241 g/mol. The van der Waals surface area contributed by atoms with E-state index in [1.54, 1.807) is 0 Å². The molecule has 2 nitrogen and oxygen atoms in total. The predicted octanol–water partition coefficient (Wildman–Crippen LogP) is 3.41. The number of aliphatic hydroxyl groups is 1. The molecule has 2 N–H and O–H groups in total. The predicted molar refractivity (Wildman–Crippen MR) is 75.6 cm³/mol. The summed E-state index contributed by atoms with van der Waals surface area (Å²) in [6.07, 6.45) is 0. The fourth-order valence-electron chi connectivity index (χ4n) is 1.90. The molecule has 18 heavy (non-hydrogen) atoms. The number of hydrogen-bond acceptors (Lipinski definition) is 2. The van der Waals surface area contributed by atoms with E-state index < -0.39 is 0 Å². The fraction of sp³-hybridized carbons (Fsp3) is 0.250. The van der Waals surface area contributed by atoms with Crippen LogP contribution in [0.4, 0.5) is 5.69 Å². The molecular weight excluding hydrogens is 222 g/mol. The molecule has 0 spiro atoms. The molecule has 0 aliphatic heterocycles. The van der Waals surface area contributed by atoms with Gasteiger partial charge in [-0.2, -0.15) is 0 Å². The first-order valence-electron chi connectivity index (χ1n) is 6.19. The Hall–Kier alpha value is -1.80.